The Balaban J connectivity index is 2.46. The number of aromatic nitrogens is 2. The van der Waals surface area contributed by atoms with Crippen LogP contribution in [0, 0.1) is 11.6 Å². The third-order valence-electron chi connectivity index (χ3n) is 2.43. The average molecular weight is 269 g/mol. The van der Waals surface area contributed by atoms with Gasteiger partial charge in [0.15, 0.2) is 11.6 Å². The lowest BCUT2D eigenvalue weighted by atomic mass is 10.1. The van der Waals surface area contributed by atoms with Crippen LogP contribution in [0.2, 0.25) is 5.15 Å². The van der Waals surface area contributed by atoms with Gasteiger partial charge in [0.05, 0.1) is 5.69 Å². The van der Waals surface area contributed by atoms with Crippen LogP contribution < -0.4 is 0 Å². The van der Waals surface area contributed by atoms with Crippen molar-refractivity contribution in [2.75, 3.05) is 0 Å². The monoisotopic (exact) mass is 268 g/mol. The standard InChI is InChI=1S/C13H11ClF2N2/c1-2-3-13-17-11(7-12(14)18-13)8-4-5-9(15)10(16)6-8/h4-7H,2-3H2,1H3. The zero-order valence-corrected chi connectivity index (χ0v) is 10.5. The summed E-state index contributed by atoms with van der Waals surface area (Å²) in [6.07, 6.45) is 1.58. The molecular weight excluding hydrogens is 258 g/mol. The molecule has 0 saturated carbocycles. The Labute approximate surface area is 109 Å². The number of hydrogen-bond donors (Lipinski definition) is 0. The number of aryl methyl sites for hydroxylation is 1. The number of nitrogens with zero attached hydrogens (tertiary/aromatic N) is 2. The summed E-state index contributed by atoms with van der Waals surface area (Å²) in [5, 5.41) is 0.299. The predicted octanol–water partition coefficient (Wildman–Crippen LogP) is 4.03. The van der Waals surface area contributed by atoms with Gasteiger partial charge in [0.1, 0.15) is 11.0 Å². The summed E-state index contributed by atoms with van der Waals surface area (Å²) in [7, 11) is 0. The molecular formula is C13H11ClF2N2. The van der Waals surface area contributed by atoms with Crippen molar-refractivity contribution in [2.24, 2.45) is 0 Å². The van der Waals surface area contributed by atoms with Gasteiger partial charge in [-0.15, -0.1) is 0 Å². The van der Waals surface area contributed by atoms with Crippen molar-refractivity contribution < 1.29 is 8.78 Å². The van der Waals surface area contributed by atoms with Crippen molar-refractivity contribution >= 4 is 11.6 Å². The zero-order valence-electron chi connectivity index (χ0n) is 9.75. The molecule has 0 N–H and O–H groups in total. The first-order chi connectivity index (χ1) is 8.60. The highest BCUT2D eigenvalue weighted by Gasteiger charge is 2.08. The van der Waals surface area contributed by atoms with E-state index in [1.54, 1.807) is 0 Å². The van der Waals surface area contributed by atoms with Gasteiger partial charge in [0, 0.05) is 18.1 Å². The number of halogens is 3. The first kappa shape index (κ1) is 12.9. The fourth-order valence-electron chi connectivity index (χ4n) is 1.60. The molecule has 0 fully saturated rings. The largest absolute Gasteiger partial charge is 0.233 e. The van der Waals surface area contributed by atoms with E-state index in [0.717, 1.165) is 18.6 Å². The molecule has 0 unspecified atom stereocenters. The molecule has 0 amide bonds. The van der Waals surface area contributed by atoms with Gasteiger partial charge >= 0.3 is 0 Å². The van der Waals surface area contributed by atoms with Gasteiger partial charge in [-0.1, -0.05) is 18.5 Å². The van der Waals surface area contributed by atoms with E-state index < -0.39 is 11.6 Å². The summed E-state index contributed by atoms with van der Waals surface area (Å²) < 4.78 is 26.0. The van der Waals surface area contributed by atoms with Crippen LogP contribution in [0.3, 0.4) is 0 Å². The Morgan fingerprint density at radius 2 is 1.89 bits per heavy atom. The van der Waals surface area contributed by atoms with E-state index in [4.69, 9.17) is 11.6 Å². The van der Waals surface area contributed by atoms with Crippen LogP contribution in [-0.4, -0.2) is 9.97 Å². The number of rotatable bonds is 3. The zero-order chi connectivity index (χ0) is 13.1. The van der Waals surface area contributed by atoms with Crippen LogP contribution >= 0.6 is 11.6 Å². The molecule has 0 atom stereocenters. The van der Waals surface area contributed by atoms with Crippen molar-refractivity contribution in [3.8, 4) is 11.3 Å². The third kappa shape index (κ3) is 2.82. The van der Waals surface area contributed by atoms with Crippen molar-refractivity contribution in [3.63, 3.8) is 0 Å². The van der Waals surface area contributed by atoms with E-state index in [1.165, 1.54) is 12.1 Å². The van der Waals surface area contributed by atoms with Crippen molar-refractivity contribution in [2.45, 2.75) is 19.8 Å². The van der Waals surface area contributed by atoms with Gasteiger partial charge < -0.3 is 0 Å². The minimum atomic E-state index is -0.903. The minimum Gasteiger partial charge on any atom is -0.233 e. The molecule has 2 rings (SSSR count). The van der Waals surface area contributed by atoms with Gasteiger partial charge in [-0.2, -0.15) is 0 Å². The van der Waals surface area contributed by atoms with Gasteiger partial charge in [-0.05, 0) is 24.6 Å². The fraction of sp³-hybridized carbons (Fsp3) is 0.231. The smallest absolute Gasteiger partial charge is 0.159 e. The van der Waals surface area contributed by atoms with Crippen molar-refractivity contribution in [1.82, 2.24) is 9.97 Å². The summed E-state index contributed by atoms with van der Waals surface area (Å²) in [4.78, 5) is 8.36. The molecule has 2 aromatic rings. The molecule has 1 aromatic heterocycles. The molecule has 0 saturated heterocycles. The molecule has 0 bridgehead atoms. The minimum absolute atomic E-state index is 0.299. The summed E-state index contributed by atoms with van der Waals surface area (Å²) in [5.74, 6) is -1.18. The Kier molecular flexibility index (Phi) is 3.87. The lowest BCUT2D eigenvalue weighted by molar-refractivity contribution is 0.509. The van der Waals surface area contributed by atoms with E-state index >= 15 is 0 Å². The second-order valence-electron chi connectivity index (χ2n) is 3.87. The van der Waals surface area contributed by atoms with Crippen LogP contribution in [0.15, 0.2) is 24.3 Å². The highest BCUT2D eigenvalue weighted by atomic mass is 35.5. The third-order valence-corrected chi connectivity index (χ3v) is 2.62. The van der Waals surface area contributed by atoms with Crippen LogP contribution in [-0.2, 0) is 6.42 Å². The van der Waals surface area contributed by atoms with Gasteiger partial charge in [-0.3, -0.25) is 0 Å². The SMILES string of the molecule is CCCc1nc(Cl)cc(-c2ccc(F)c(F)c2)n1. The molecule has 18 heavy (non-hydrogen) atoms. The maximum Gasteiger partial charge on any atom is 0.159 e. The second kappa shape index (κ2) is 5.40. The van der Waals surface area contributed by atoms with Crippen LogP contribution in [0.25, 0.3) is 11.3 Å². The summed E-state index contributed by atoms with van der Waals surface area (Å²) in [6.45, 7) is 2.00. The topological polar surface area (TPSA) is 25.8 Å². The molecule has 94 valence electrons. The number of hydrogen-bond acceptors (Lipinski definition) is 2. The highest BCUT2D eigenvalue weighted by Crippen LogP contribution is 2.22. The number of benzene rings is 1. The maximum atomic E-state index is 13.2. The molecule has 0 spiro atoms. The Morgan fingerprint density at radius 1 is 1.11 bits per heavy atom. The van der Waals surface area contributed by atoms with E-state index in [-0.39, 0.29) is 0 Å². The van der Waals surface area contributed by atoms with Gasteiger partial charge in [0.2, 0.25) is 0 Å². The molecule has 0 aliphatic rings. The molecule has 5 heteroatoms. The Bertz CT molecular complexity index is 573. The Hall–Kier alpha value is -1.55. The molecule has 0 aliphatic heterocycles. The molecule has 0 aliphatic carbocycles. The lowest BCUT2D eigenvalue weighted by Crippen LogP contribution is -1.97. The average Bonchev–Trinajstić information content (AvgIpc) is 2.32. The first-order valence-corrected chi connectivity index (χ1v) is 5.97. The summed E-state index contributed by atoms with van der Waals surface area (Å²) in [6, 6.07) is 5.17. The van der Waals surface area contributed by atoms with Crippen LogP contribution in [0.4, 0.5) is 8.78 Å². The van der Waals surface area contributed by atoms with Crippen molar-refractivity contribution in [1.29, 1.82) is 0 Å². The van der Waals surface area contributed by atoms with E-state index in [2.05, 4.69) is 9.97 Å². The molecule has 2 nitrogen and oxygen atoms in total. The predicted molar refractivity (Wildman–Crippen MR) is 66.4 cm³/mol. The molecule has 0 radical (unpaired) electrons. The van der Waals surface area contributed by atoms with E-state index in [1.807, 2.05) is 6.92 Å². The lowest BCUT2D eigenvalue weighted by Gasteiger charge is -2.05. The first-order valence-electron chi connectivity index (χ1n) is 5.59. The van der Waals surface area contributed by atoms with Crippen LogP contribution in [0.1, 0.15) is 19.2 Å². The highest BCUT2D eigenvalue weighted by molar-refractivity contribution is 6.29. The molecule has 1 aromatic carbocycles. The second-order valence-corrected chi connectivity index (χ2v) is 4.26. The summed E-state index contributed by atoms with van der Waals surface area (Å²) in [5.41, 5.74) is 0.980. The van der Waals surface area contributed by atoms with Gasteiger partial charge in [-0.25, -0.2) is 18.7 Å². The van der Waals surface area contributed by atoms with Gasteiger partial charge in [0.25, 0.3) is 0 Å². The van der Waals surface area contributed by atoms with E-state index in [9.17, 15) is 8.78 Å². The fourth-order valence-corrected chi connectivity index (χ4v) is 1.80. The van der Waals surface area contributed by atoms with E-state index in [0.29, 0.717) is 28.7 Å². The normalized spacial score (nSPS) is 10.7. The quantitative estimate of drug-likeness (QED) is 0.786. The summed E-state index contributed by atoms with van der Waals surface area (Å²) >= 11 is 5.89. The maximum absolute atomic E-state index is 13.2. The van der Waals surface area contributed by atoms with Crippen molar-refractivity contribution in [3.05, 3.63) is 46.9 Å². The molecule has 1 heterocycles. The van der Waals surface area contributed by atoms with Crippen LogP contribution in [0.5, 0.6) is 0 Å². The Morgan fingerprint density at radius 3 is 2.56 bits per heavy atom.